The van der Waals surface area contributed by atoms with Gasteiger partial charge in [0.15, 0.2) is 0 Å². The van der Waals surface area contributed by atoms with Crippen molar-refractivity contribution in [1.29, 1.82) is 0 Å². The average molecular weight is 299 g/mol. The molecule has 2 rings (SSSR count). The molecule has 0 saturated heterocycles. The summed E-state index contributed by atoms with van der Waals surface area (Å²) in [5, 5.41) is 4.03. The highest BCUT2D eigenvalue weighted by Crippen LogP contribution is 2.28. The molecule has 3 N–H and O–H groups in total. The molecule has 5 heteroatoms. The third kappa shape index (κ3) is 3.37. The van der Waals surface area contributed by atoms with Crippen molar-refractivity contribution in [3.63, 3.8) is 0 Å². The number of anilines is 1. The van der Waals surface area contributed by atoms with Gasteiger partial charge >= 0.3 is 0 Å². The van der Waals surface area contributed by atoms with E-state index >= 15 is 0 Å². The number of halogens is 1. The first-order valence-corrected chi connectivity index (χ1v) is 8.17. The monoisotopic (exact) mass is 298 g/mol. The number of para-hydroxylation sites is 1. The van der Waals surface area contributed by atoms with E-state index in [0.29, 0.717) is 21.5 Å². The molecule has 1 aliphatic rings. The highest BCUT2D eigenvalue weighted by Gasteiger charge is 2.26. The molecule has 104 valence electrons. The lowest BCUT2D eigenvalue weighted by molar-refractivity contribution is 0.0930. The number of thioether (sulfide) groups is 1. The van der Waals surface area contributed by atoms with Crippen LogP contribution in [-0.4, -0.2) is 23.5 Å². The van der Waals surface area contributed by atoms with Crippen LogP contribution in [0, 0.1) is 0 Å². The Bertz CT molecular complexity index is 467. The number of rotatable bonds is 3. The number of nitrogen functional groups attached to an aromatic ring is 1. The van der Waals surface area contributed by atoms with E-state index < -0.39 is 0 Å². The van der Waals surface area contributed by atoms with Gasteiger partial charge in [-0.05, 0) is 31.2 Å². The number of hydrogen-bond donors (Lipinski definition) is 2. The van der Waals surface area contributed by atoms with Crippen molar-refractivity contribution in [2.45, 2.75) is 37.0 Å². The SMILES string of the molecule is CSC1CCCCC1NC(=O)c1cccc(Cl)c1N. The zero-order chi connectivity index (χ0) is 13.8. The summed E-state index contributed by atoms with van der Waals surface area (Å²) in [6.07, 6.45) is 6.72. The third-order valence-electron chi connectivity index (χ3n) is 3.62. The van der Waals surface area contributed by atoms with E-state index in [-0.39, 0.29) is 11.9 Å². The largest absolute Gasteiger partial charge is 0.397 e. The van der Waals surface area contributed by atoms with Gasteiger partial charge in [-0.2, -0.15) is 11.8 Å². The minimum Gasteiger partial charge on any atom is -0.397 e. The van der Waals surface area contributed by atoms with E-state index in [1.54, 1.807) is 18.2 Å². The van der Waals surface area contributed by atoms with Gasteiger partial charge < -0.3 is 11.1 Å². The first-order chi connectivity index (χ1) is 9.13. The zero-order valence-electron chi connectivity index (χ0n) is 11.0. The Kier molecular flexibility index (Phi) is 4.99. The van der Waals surface area contributed by atoms with Gasteiger partial charge in [-0.25, -0.2) is 0 Å². The Labute approximate surface area is 123 Å². The minimum atomic E-state index is -0.119. The molecule has 0 spiro atoms. The number of carbonyl (C=O) groups is 1. The second kappa shape index (κ2) is 6.53. The molecule has 1 fully saturated rings. The van der Waals surface area contributed by atoms with Crippen LogP contribution in [0.25, 0.3) is 0 Å². The van der Waals surface area contributed by atoms with Crippen molar-refractivity contribution in [3.05, 3.63) is 28.8 Å². The van der Waals surface area contributed by atoms with Crippen LogP contribution >= 0.6 is 23.4 Å². The van der Waals surface area contributed by atoms with Crippen molar-refractivity contribution >= 4 is 35.0 Å². The van der Waals surface area contributed by atoms with E-state index in [2.05, 4.69) is 11.6 Å². The van der Waals surface area contributed by atoms with E-state index in [1.807, 2.05) is 11.8 Å². The van der Waals surface area contributed by atoms with Crippen LogP contribution in [0.1, 0.15) is 36.0 Å². The van der Waals surface area contributed by atoms with E-state index in [9.17, 15) is 4.79 Å². The van der Waals surface area contributed by atoms with Crippen LogP contribution in [0.15, 0.2) is 18.2 Å². The Morgan fingerprint density at radius 1 is 1.42 bits per heavy atom. The maximum Gasteiger partial charge on any atom is 0.253 e. The van der Waals surface area contributed by atoms with Gasteiger partial charge in [0.1, 0.15) is 0 Å². The average Bonchev–Trinajstić information content (AvgIpc) is 2.42. The fourth-order valence-electron chi connectivity index (χ4n) is 2.53. The second-order valence-corrected chi connectivity index (χ2v) is 6.32. The Hall–Kier alpha value is -0.870. The third-order valence-corrected chi connectivity index (χ3v) is 5.12. The number of carbonyl (C=O) groups excluding carboxylic acids is 1. The summed E-state index contributed by atoms with van der Waals surface area (Å²) in [7, 11) is 0. The molecular weight excluding hydrogens is 280 g/mol. The molecule has 0 aliphatic heterocycles. The standard InChI is InChI=1S/C14H19ClN2OS/c1-19-12-8-3-2-7-11(12)17-14(18)9-5-4-6-10(15)13(9)16/h4-6,11-12H,2-3,7-8,16H2,1H3,(H,17,18). The zero-order valence-corrected chi connectivity index (χ0v) is 12.6. The highest BCUT2D eigenvalue weighted by atomic mass is 35.5. The molecule has 0 radical (unpaired) electrons. The molecule has 1 amide bonds. The van der Waals surface area contributed by atoms with Crippen molar-refractivity contribution < 1.29 is 4.79 Å². The summed E-state index contributed by atoms with van der Waals surface area (Å²) in [4.78, 5) is 12.3. The molecule has 0 bridgehead atoms. The second-order valence-electron chi connectivity index (χ2n) is 4.84. The van der Waals surface area contributed by atoms with Crippen molar-refractivity contribution in [1.82, 2.24) is 5.32 Å². The minimum absolute atomic E-state index is 0.119. The van der Waals surface area contributed by atoms with Crippen LogP contribution in [0.2, 0.25) is 5.02 Å². The van der Waals surface area contributed by atoms with Crippen LogP contribution in [-0.2, 0) is 0 Å². The summed E-state index contributed by atoms with van der Waals surface area (Å²) in [6, 6.07) is 5.39. The van der Waals surface area contributed by atoms with E-state index in [0.717, 1.165) is 12.8 Å². The molecular formula is C14H19ClN2OS. The Balaban J connectivity index is 2.09. The first-order valence-electron chi connectivity index (χ1n) is 6.51. The topological polar surface area (TPSA) is 55.1 Å². The number of nitrogens with two attached hydrogens (primary N) is 1. The number of nitrogens with one attached hydrogen (secondary N) is 1. The summed E-state index contributed by atoms with van der Waals surface area (Å²) in [5.74, 6) is -0.119. The smallest absolute Gasteiger partial charge is 0.253 e. The van der Waals surface area contributed by atoms with Crippen LogP contribution in [0.5, 0.6) is 0 Å². The molecule has 2 unspecified atom stereocenters. The van der Waals surface area contributed by atoms with Gasteiger partial charge in [-0.3, -0.25) is 4.79 Å². The number of amides is 1. The van der Waals surface area contributed by atoms with Gasteiger partial charge in [-0.15, -0.1) is 0 Å². The van der Waals surface area contributed by atoms with Crippen LogP contribution < -0.4 is 11.1 Å². The van der Waals surface area contributed by atoms with Gasteiger partial charge in [0.2, 0.25) is 0 Å². The molecule has 1 aromatic rings. The van der Waals surface area contributed by atoms with Gasteiger partial charge in [0, 0.05) is 11.3 Å². The Morgan fingerprint density at radius 2 is 2.16 bits per heavy atom. The van der Waals surface area contributed by atoms with Crippen molar-refractivity contribution in [2.75, 3.05) is 12.0 Å². The van der Waals surface area contributed by atoms with E-state index in [4.69, 9.17) is 17.3 Å². The molecule has 1 saturated carbocycles. The predicted molar refractivity (Wildman–Crippen MR) is 82.9 cm³/mol. The maximum absolute atomic E-state index is 12.3. The number of benzene rings is 1. The summed E-state index contributed by atoms with van der Waals surface area (Å²) in [5.41, 5.74) is 6.69. The molecule has 1 aliphatic carbocycles. The highest BCUT2D eigenvalue weighted by molar-refractivity contribution is 7.99. The first kappa shape index (κ1) is 14.5. The normalized spacial score (nSPS) is 23.1. The maximum atomic E-state index is 12.3. The lowest BCUT2D eigenvalue weighted by atomic mass is 9.94. The lowest BCUT2D eigenvalue weighted by Crippen LogP contribution is -2.43. The fraction of sp³-hybridized carbons (Fsp3) is 0.500. The lowest BCUT2D eigenvalue weighted by Gasteiger charge is -2.31. The van der Waals surface area contributed by atoms with Crippen LogP contribution in [0.3, 0.4) is 0 Å². The summed E-state index contributed by atoms with van der Waals surface area (Å²) >= 11 is 7.77. The van der Waals surface area contributed by atoms with Crippen molar-refractivity contribution in [2.24, 2.45) is 0 Å². The number of hydrogen-bond acceptors (Lipinski definition) is 3. The van der Waals surface area contributed by atoms with Gasteiger partial charge in [-0.1, -0.05) is 30.5 Å². The van der Waals surface area contributed by atoms with Crippen molar-refractivity contribution in [3.8, 4) is 0 Å². The van der Waals surface area contributed by atoms with E-state index in [1.165, 1.54) is 12.8 Å². The van der Waals surface area contributed by atoms with Crippen LogP contribution in [0.4, 0.5) is 5.69 Å². The fourth-order valence-corrected chi connectivity index (χ4v) is 3.63. The summed E-state index contributed by atoms with van der Waals surface area (Å²) < 4.78 is 0. The molecule has 3 nitrogen and oxygen atoms in total. The molecule has 1 aromatic carbocycles. The molecule has 0 aromatic heterocycles. The predicted octanol–water partition coefficient (Wildman–Crippen LogP) is 3.33. The molecule has 0 heterocycles. The van der Waals surface area contributed by atoms with Gasteiger partial charge in [0.05, 0.1) is 16.3 Å². The van der Waals surface area contributed by atoms with Gasteiger partial charge in [0.25, 0.3) is 5.91 Å². The summed E-state index contributed by atoms with van der Waals surface area (Å²) in [6.45, 7) is 0. The molecule has 2 atom stereocenters. The molecule has 19 heavy (non-hydrogen) atoms. The Morgan fingerprint density at radius 3 is 2.89 bits per heavy atom. The quantitative estimate of drug-likeness (QED) is 0.842.